The van der Waals surface area contributed by atoms with Gasteiger partial charge in [-0.3, -0.25) is 14.5 Å². The number of anilines is 1. The van der Waals surface area contributed by atoms with Gasteiger partial charge in [-0.2, -0.15) is 0 Å². The molecule has 2 N–H and O–H groups in total. The van der Waals surface area contributed by atoms with Crippen LogP contribution in [0.5, 0.6) is 11.5 Å². The van der Waals surface area contributed by atoms with Crippen molar-refractivity contribution in [2.75, 3.05) is 25.1 Å². The molecule has 8 heteroatoms. The molecule has 2 aromatic rings. The Morgan fingerprint density at radius 2 is 1.89 bits per heavy atom. The molecule has 0 saturated carbocycles. The van der Waals surface area contributed by atoms with Gasteiger partial charge in [0.15, 0.2) is 5.75 Å². The van der Waals surface area contributed by atoms with Crippen molar-refractivity contribution < 1.29 is 23.9 Å². The molecule has 1 atom stereocenters. The van der Waals surface area contributed by atoms with Crippen LogP contribution < -0.4 is 15.4 Å². The molecule has 2 aliphatic heterocycles. The SMILES string of the molecule is O=C(CN1C(=O)N[C@@]2(CCOC2)C1=O)Nc1ccccc1Oc1ccccc1. The number of nitrogens with one attached hydrogen (secondary N) is 2. The summed E-state index contributed by atoms with van der Waals surface area (Å²) >= 11 is 0. The van der Waals surface area contributed by atoms with Crippen molar-refractivity contribution in [1.29, 1.82) is 0 Å². The van der Waals surface area contributed by atoms with Gasteiger partial charge in [0, 0.05) is 13.0 Å². The number of hydrogen-bond donors (Lipinski definition) is 2. The van der Waals surface area contributed by atoms with Crippen molar-refractivity contribution in [2.24, 2.45) is 0 Å². The van der Waals surface area contributed by atoms with E-state index in [9.17, 15) is 14.4 Å². The molecular formula is C20H19N3O5. The molecule has 2 aromatic carbocycles. The van der Waals surface area contributed by atoms with E-state index < -0.39 is 23.4 Å². The summed E-state index contributed by atoms with van der Waals surface area (Å²) in [5.41, 5.74) is -0.589. The van der Waals surface area contributed by atoms with Crippen LogP contribution in [-0.4, -0.2) is 48.0 Å². The Balaban J connectivity index is 1.45. The number of imide groups is 1. The van der Waals surface area contributed by atoms with Gasteiger partial charge in [-0.1, -0.05) is 30.3 Å². The monoisotopic (exact) mass is 381 g/mol. The average molecular weight is 381 g/mol. The molecule has 0 aliphatic carbocycles. The molecule has 0 bridgehead atoms. The maximum atomic E-state index is 12.6. The van der Waals surface area contributed by atoms with Crippen LogP contribution in [0.1, 0.15) is 6.42 Å². The van der Waals surface area contributed by atoms with E-state index in [1.54, 1.807) is 36.4 Å². The van der Waals surface area contributed by atoms with Gasteiger partial charge in [0.05, 0.1) is 12.3 Å². The van der Waals surface area contributed by atoms with Crippen molar-refractivity contribution in [1.82, 2.24) is 10.2 Å². The molecule has 144 valence electrons. The number of rotatable bonds is 5. The number of amides is 4. The highest BCUT2D eigenvalue weighted by atomic mass is 16.5. The molecule has 0 aromatic heterocycles. The molecule has 0 radical (unpaired) electrons. The summed E-state index contributed by atoms with van der Waals surface area (Å²) in [6.45, 7) is 0.145. The van der Waals surface area contributed by atoms with E-state index >= 15 is 0 Å². The summed E-state index contributed by atoms with van der Waals surface area (Å²) in [6, 6.07) is 15.5. The average Bonchev–Trinajstić information content (AvgIpc) is 3.25. The van der Waals surface area contributed by atoms with Crippen molar-refractivity contribution in [3.8, 4) is 11.5 Å². The molecule has 4 amide bonds. The zero-order chi connectivity index (χ0) is 19.6. The Kier molecular flexibility index (Phi) is 4.70. The van der Waals surface area contributed by atoms with Crippen LogP contribution in [0.2, 0.25) is 0 Å². The molecule has 8 nitrogen and oxygen atoms in total. The molecule has 4 rings (SSSR count). The fourth-order valence-corrected chi connectivity index (χ4v) is 3.26. The number of ether oxygens (including phenoxy) is 2. The van der Waals surface area contributed by atoms with Crippen LogP contribution in [0.15, 0.2) is 54.6 Å². The van der Waals surface area contributed by atoms with Gasteiger partial charge in [0.2, 0.25) is 5.91 Å². The minimum absolute atomic E-state index is 0.128. The van der Waals surface area contributed by atoms with Crippen LogP contribution in [0.4, 0.5) is 10.5 Å². The number of carbonyl (C=O) groups is 3. The van der Waals surface area contributed by atoms with E-state index in [2.05, 4.69) is 10.6 Å². The van der Waals surface area contributed by atoms with Crippen molar-refractivity contribution in [2.45, 2.75) is 12.0 Å². The number of urea groups is 1. The summed E-state index contributed by atoms with van der Waals surface area (Å²) in [6.07, 6.45) is 0.406. The van der Waals surface area contributed by atoms with Crippen LogP contribution >= 0.6 is 0 Å². The lowest BCUT2D eigenvalue weighted by atomic mass is 9.99. The summed E-state index contributed by atoms with van der Waals surface area (Å²) in [5.74, 6) is 0.156. The smallest absolute Gasteiger partial charge is 0.325 e. The summed E-state index contributed by atoms with van der Waals surface area (Å²) in [4.78, 5) is 38.2. The second-order valence-corrected chi connectivity index (χ2v) is 6.67. The first-order valence-corrected chi connectivity index (χ1v) is 8.91. The third-order valence-electron chi connectivity index (χ3n) is 4.70. The standard InChI is InChI=1S/C20H19N3O5/c24-17(12-23-18(25)20(22-19(23)26)10-11-27-13-20)21-15-8-4-5-9-16(15)28-14-6-2-1-3-7-14/h1-9H,10-13H2,(H,21,24)(H,22,26)/t20-/m1/s1. The van der Waals surface area contributed by atoms with E-state index in [0.717, 1.165) is 4.90 Å². The first-order valence-electron chi connectivity index (χ1n) is 8.91. The summed E-state index contributed by atoms with van der Waals surface area (Å²) in [7, 11) is 0. The lowest BCUT2D eigenvalue weighted by molar-refractivity contribution is -0.133. The second kappa shape index (κ2) is 7.32. The molecule has 1 spiro atoms. The highest BCUT2D eigenvalue weighted by Gasteiger charge is 2.53. The number of carbonyl (C=O) groups excluding carboxylic acids is 3. The van der Waals surface area contributed by atoms with Crippen molar-refractivity contribution >= 4 is 23.5 Å². The minimum atomic E-state index is -1.04. The van der Waals surface area contributed by atoms with E-state index in [4.69, 9.17) is 9.47 Å². The van der Waals surface area contributed by atoms with Gasteiger partial charge in [-0.05, 0) is 24.3 Å². The molecule has 0 unspecified atom stereocenters. The van der Waals surface area contributed by atoms with E-state index in [-0.39, 0.29) is 13.2 Å². The zero-order valence-corrected chi connectivity index (χ0v) is 15.0. The van der Waals surface area contributed by atoms with Crippen molar-refractivity contribution in [3.63, 3.8) is 0 Å². The number of nitrogens with zero attached hydrogens (tertiary/aromatic N) is 1. The van der Waals surface area contributed by atoms with Crippen LogP contribution in [-0.2, 0) is 14.3 Å². The number of benzene rings is 2. The normalized spacial score (nSPS) is 21.1. The third kappa shape index (κ3) is 3.41. The Bertz CT molecular complexity index is 909. The predicted octanol–water partition coefficient (Wildman–Crippen LogP) is 2.13. The molecule has 2 aliphatic rings. The van der Waals surface area contributed by atoms with E-state index in [1.807, 2.05) is 18.2 Å². The van der Waals surface area contributed by atoms with Gasteiger partial charge in [-0.25, -0.2) is 4.79 Å². The van der Waals surface area contributed by atoms with Gasteiger partial charge in [0.1, 0.15) is 17.8 Å². The van der Waals surface area contributed by atoms with E-state index in [1.165, 1.54) is 0 Å². The van der Waals surface area contributed by atoms with Crippen LogP contribution in [0.3, 0.4) is 0 Å². The second-order valence-electron chi connectivity index (χ2n) is 6.67. The van der Waals surface area contributed by atoms with Gasteiger partial charge >= 0.3 is 6.03 Å². The molecule has 2 saturated heterocycles. The minimum Gasteiger partial charge on any atom is -0.455 e. The molecule has 2 fully saturated rings. The molecule has 28 heavy (non-hydrogen) atoms. The third-order valence-corrected chi connectivity index (χ3v) is 4.70. The maximum Gasteiger partial charge on any atom is 0.325 e. The number of para-hydroxylation sites is 3. The van der Waals surface area contributed by atoms with Gasteiger partial charge in [0.25, 0.3) is 5.91 Å². The first-order chi connectivity index (χ1) is 13.6. The van der Waals surface area contributed by atoms with Gasteiger partial charge in [-0.15, -0.1) is 0 Å². The number of hydrogen-bond acceptors (Lipinski definition) is 5. The Hall–Kier alpha value is -3.39. The predicted molar refractivity (Wildman–Crippen MR) is 100.0 cm³/mol. The Morgan fingerprint density at radius 1 is 1.14 bits per heavy atom. The highest BCUT2D eigenvalue weighted by molar-refractivity contribution is 6.10. The Morgan fingerprint density at radius 3 is 2.64 bits per heavy atom. The summed E-state index contributed by atoms with van der Waals surface area (Å²) in [5, 5.41) is 5.36. The quantitative estimate of drug-likeness (QED) is 0.774. The zero-order valence-electron chi connectivity index (χ0n) is 15.0. The first kappa shape index (κ1) is 18.0. The van der Waals surface area contributed by atoms with Crippen LogP contribution in [0, 0.1) is 0 Å². The molecular weight excluding hydrogens is 362 g/mol. The Labute approximate surface area is 161 Å². The topological polar surface area (TPSA) is 97.0 Å². The summed E-state index contributed by atoms with van der Waals surface area (Å²) < 4.78 is 11.1. The highest BCUT2D eigenvalue weighted by Crippen LogP contribution is 2.30. The fourth-order valence-electron chi connectivity index (χ4n) is 3.26. The largest absolute Gasteiger partial charge is 0.455 e. The van der Waals surface area contributed by atoms with Crippen molar-refractivity contribution in [3.05, 3.63) is 54.6 Å². The van der Waals surface area contributed by atoms with E-state index in [0.29, 0.717) is 30.2 Å². The fraction of sp³-hybridized carbons (Fsp3) is 0.250. The van der Waals surface area contributed by atoms with Crippen LogP contribution in [0.25, 0.3) is 0 Å². The lowest BCUT2D eigenvalue weighted by Crippen LogP contribution is -2.48. The maximum absolute atomic E-state index is 12.6. The lowest BCUT2D eigenvalue weighted by Gasteiger charge is -2.18. The van der Waals surface area contributed by atoms with Gasteiger partial charge < -0.3 is 20.1 Å². The molecule has 2 heterocycles.